The molecule has 12 heteroatoms. The Morgan fingerprint density at radius 2 is 1.82 bits per heavy atom. The number of aromatic nitrogens is 1. The van der Waals surface area contributed by atoms with Gasteiger partial charge in [0.2, 0.25) is 10.0 Å². The van der Waals surface area contributed by atoms with E-state index in [2.05, 4.69) is 4.99 Å². The Hall–Kier alpha value is -2.93. The first-order chi connectivity index (χ1) is 16.1. The Kier molecular flexibility index (Phi) is 6.67. The van der Waals surface area contributed by atoms with E-state index in [1.54, 1.807) is 10.6 Å². The molecule has 0 bridgehead atoms. The van der Waals surface area contributed by atoms with Crippen LogP contribution in [0.2, 0.25) is 0 Å². The zero-order chi connectivity index (χ0) is 24.6. The van der Waals surface area contributed by atoms with Gasteiger partial charge in [0.1, 0.15) is 0 Å². The maximum atomic E-state index is 13.0. The molecule has 0 radical (unpaired) electrons. The van der Waals surface area contributed by atoms with Crippen LogP contribution in [0.15, 0.2) is 52.4 Å². The molecule has 0 saturated carbocycles. The van der Waals surface area contributed by atoms with Crippen LogP contribution in [0, 0.1) is 10.1 Å². The summed E-state index contributed by atoms with van der Waals surface area (Å²) in [4.78, 5) is 28.2. The van der Waals surface area contributed by atoms with Crippen LogP contribution in [0.4, 0.5) is 5.69 Å². The number of non-ortho nitro benzene ring substituents is 1. The van der Waals surface area contributed by atoms with E-state index in [4.69, 9.17) is 4.74 Å². The molecule has 34 heavy (non-hydrogen) atoms. The van der Waals surface area contributed by atoms with Crippen molar-refractivity contribution in [2.75, 3.05) is 13.1 Å². The highest BCUT2D eigenvalue weighted by Gasteiger charge is 2.32. The second-order valence-electron chi connectivity index (χ2n) is 8.06. The predicted molar refractivity (Wildman–Crippen MR) is 127 cm³/mol. The molecule has 180 valence electrons. The van der Waals surface area contributed by atoms with Crippen LogP contribution in [0.3, 0.4) is 0 Å². The molecule has 4 rings (SSSR count). The van der Waals surface area contributed by atoms with Crippen molar-refractivity contribution in [3.05, 3.63) is 62.9 Å². The standard InChI is InChI=1S/C22H24N4O6S2/c1-4-25-19-11-17(26(28)29)7-10-20(19)33-22(25)23-21(27)16-5-8-18(9-6-16)34(30,31)24-12-14(2)32-15(3)13-24/h5-11,14-15H,4,12-13H2,1-3H3. The maximum Gasteiger partial charge on any atom is 0.279 e. The Bertz CT molecular complexity index is 1420. The summed E-state index contributed by atoms with van der Waals surface area (Å²) in [5, 5.41) is 11.1. The van der Waals surface area contributed by atoms with Gasteiger partial charge in [0.05, 0.1) is 32.2 Å². The summed E-state index contributed by atoms with van der Waals surface area (Å²) >= 11 is 1.26. The van der Waals surface area contributed by atoms with Gasteiger partial charge >= 0.3 is 0 Å². The van der Waals surface area contributed by atoms with Gasteiger partial charge in [0.25, 0.3) is 11.6 Å². The molecule has 1 fully saturated rings. The number of carbonyl (C=O) groups is 1. The second-order valence-corrected chi connectivity index (χ2v) is 11.0. The van der Waals surface area contributed by atoms with Crippen LogP contribution in [-0.4, -0.2) is 53.4 Å². The van der Waals surface area contributed by atoms with Gasteiger partial charge < -0.3 is 9.30 Å². The lowest BCUT2D eigenvalue weighted by Gasteiger charge is -2.34. The average Bonchev–Trinajstić information content (AvgIpc) is 3.14. The minimum Gasteiger partial charge on any atom is -0.373 e. The summed E-state index contributed by atoms with van der Waals surface area (Å²) in [5.41, 5.74) is 0.837. The van der Waals surface area contributed by atoms with E-state index in [1.807, 2.05) is 20.8 Å². The molecule has 1 aromatic heterocycles. The fraction of sp³-hybridized carbons (Fsp3) is 0.364. The molecule has 1 saturated heterocycles. The number of ether oxygens (including phenoxy) is 1. The molecule has 3 aromatic rings. The molecule has 0 aliphatic carbocycles. The topological polar surface area (TPSA) is 124 Å². The van der Waals surface area contributed by atoms with E-state index in [0.29, 0.717) is 16.9 Å². The minimum atomic E-state index is -3.71. The van der Waals surface area contributed by atoms with Crippen molar-refractivity contribution < 1.29 is 22.9 Å². The number of nitro groups is 1. The fourth-order valence-electron chi connectivity index (χ4n) is 3.96. The third-order valence-electron chi connectivity index (χ3n) is 5.51. The van der Waals surface area contributed by atoms with Gasteiger partial charge in [-0.15, -0.1) is 0 Å². The lowest BCUT2D eigenvalue weighted by atomic mass is 10.2. The monoisotopic (exact) mass is 504 g/mol. The number of fused-ring (bicyclic) bond motifs is 1. The van der Waals surface area contributed by atoms with Crippen LogP contribution >= 0.6 is 11.3 Å². The van der Waals surface area contributed by atoms with Crippen molar-refractivity contribution in [2.45, 2.75) is 44.4 Å². The molecule has 0 spiro atoms. The van der Waals surface area contributed by atoms with E-state index < -0.39 is 20.9 Å². The quantitative estimate of drug-likeness (QED) is 0.388. The number of sulfonamides is 1. The number of nitrogens with zero attached hydrogens (tertiary/aromatic N) is 4. The van der Waals surface area contributed by atoms with Gasteiger partial charge in [-0.2, -0.15) is 9.30 Å². The Morgan fingerprint density at radius 1 is 1.18 bits per heavy atom. The molecule has 2 atom stereocenters. The van der Waals surface area contributed by atoms with Crippen molar-refractivity contribution in [1.29, 1.82) is 0 Å². The predicted octanol–water partition coefficient (Wildman–Crippen LogP) is 3.17. The SMILES string of the molecule is CCn1c(=NC(=O)c2ccc(S(=O)(=O)N3CC(C)OC(C)C3)cc2)sc2ccc([N+](=O)[O-])cc21. The van der Waals surface area contributed by atoms with E-state index in [9.17, 15) is 23.3 Å². The Balaban J connectivity index is 1.63. The van der Waals surface area contributed by atoms with Gasteiger partial charge in [0.15, 0.2) is 4.80 Å². The van der Waals surface area contributed by atoms with Crippen molar-refractivity contribution in [3.8, 4) is 0 Å². The fourth-order valence-corrected chi connectivity index (χ4v) is 6.62. The number of hydrogen-bond acceptors (Lipinski definition) is 7. The zero-order valence-corrected chi connectivity index (χ0v) is 20.5. The van der Waals surface area contributed by atoms with Gasteiger partial charge in [0, 0.05) is 37.3 Å². The van der Waals surface area contributed by atoms with Gasteiger partial charge in [-0.25, -0.2) is 8.42 Å². The number of rotatable bonds is 5. The molecule has 10 nitrogen and oxygen atoms in total. The average molecular weight is 505 g/mol. The second kappa shape index (κ2) is 9.37. The molecular formula is C22H24N4O6S2. The summed E-state index contributed by atoms with van der Waals surface area (Å²) in [6.07, 6.45) is -0.405. The van der Waals surface area contributed by atoms with Crippen LogP contribution in [0.5, 0.6) is 0 Å². The van der Waals surface area contributed by atoms with E-state index in [-0.39, 0.29) is 41.4 Å². The molecule has 1 aliphatic heterocycles. The largest absolute Gasteiger partial charge is 0.373 e. The lowest BCUT2D eigenvalue weighted by Crippen LogP contribution is -2.48. The van der Waals surface area contributed by atoms with E-state index in [0.717, 1.165) is 4.70 Å². The number of benzene rings is 2. The summed E-state index contributed by atoms with van der Waals surface area (Å²) in [7, 11) is -3.71. The number of carbonyl (C=O) groups excluding carboxylic acids is 1. The molecule has 2 unspecified atom stereocenters. The normalized spacial score (nSPS) is 20.0. The van der Waals surface area contributed by atoms with Crippen LogP contribution in [0.25, 0.3) is 10.2 Å². The molecule has 2 aromatic carbocycles. The van der Waals surface area contributed by atoms with Gasteiger partial charge in [-0.1, -0.05) is 11.3 Å². The van der Waals surface area contributed by atoms with Crippen molar-refractivity contribution >= 4 is 43.2 Å². The number of nitro benzene ring substituents is 1. The molecule has 1 amide bonds. The van der Waals surface area contributed by atoms with Gasteiger partial charge in [-0.3, -0.25) is 14.9 Å². The Labute approximate surface area is 200 Å². The third kappa shape index (κ3) is 4.67. The first kappa shape index (κ1) is 24.2. The number of aryl methyl sites for hydroxylation is 1. The highest BCUT2D eigenvalue weighted by Crippen LogP contribution is 2.24. The highest BCUT2D eigenvalue weighted by molar-refractivity contribution is 7.89. The van der Waals surface area contributed by atoms with Crippen molar-refractivity contribution in [3.63, 3.8) is 0 Å². The molecule has 1 aliphatic rings. The summed E-state index contributed by atoms with van der Waals surface area (Å²) < 4.78 is 35.6. The summed E-state index contributed by atoms with van der Waals surface area (Å²) in [6, 6.07) is 10.2. The number of hydrogen-bond donors (Lipinski definition) is 0. The van der Waals surface area contributed by atoms with Crippen LogP contribution in [-0.2, 0) is 21.3 Å². The Morgan fingerprint density at radius 3 is 2.41 bits per heavy atom. The molecule has 0 N–H and O–H groups in total. The first-order valence-electron chi connectivity index (χ1n) is 10.7. The first-order valence-corrected chi connectivity index (χ1v) is 13.0. The number of amides is 1. The lowest BCUT2D eigenvalue weighted by molar-refractivity contribution is -0.384. The van der Waals surface area contributed by atoms with Crippen LogP contribution < -0.4 is 4.80 Å². The third-order valence-corrected chi connectivity index (χ3v) is 8.42. The van der Waals surface area contributed by atoms with Crippen molar-refractivity contribution in [1.82, 2.24) is 8.87 Å². The summed E-state index contributed by atoms with van der Waals surface area (Å²) in [5.74, 6) is -0.527. The number of thiazole rings is 1. The zero-order valence-electron chi connectivity index (χ0n) is 18.9. The highest BCUT2D eigenvalue weighted by atomic mass is 32.2. The minimum absolute atomic E-state index is 0.0359. The maximum absolute atomic E-state index is 13.0. The van der Waals surface area contributed by atoms with Gasteiger partial charge in [-0.05, 0) is 51.1 Å². The van der Waals surface area contributed by atoms with E-state index in [1.165, 1.54) is 52.0 Å². The number of morpholine rings is 1. The molecular weight excluding hydrogens is 480 g/mol. The summed E-state index contributed by atoms with van der Waals surface area (Å²) in [6.45, 7) is 6.53. The smallest absolute Gasteiger partial charge is 0.279 e. The van der Waals surface area contributed by atoms with Crippen LogP contribution in [0.1, 0.15) is 31.1 Å². The molecule has 2 heterocycles. The van der Waals surface area contributed by atoms with E-state index >= 15 is 0 Å². The van der Waals surface area contributed by atoms with Crippen molar-refractivity contribution in [2.24, 2.45) is 4.99 Å².